The molecular formula is C27H34ClN3O4. The normalized spacial score (nSPS) is 22.0. The number of aliphatic hydroxyl groups is 1. The van der Waals surface area contributed by atoms with Gasteiger partial charge in [0.1, 0.15) is 19.3 Å². The lowest BCUT2D eigenvalue weighted by atomic mass is 9.98. The number of anilines is 1. The van der Waals surface area contributed by atoms with Gasteiger partial charge in [-0.05, 0) is 74.3 Å². The van der Waals surface area contributed by atoms with E-state index in [2.05, 4.69) is 15.1 Å². The molecule has 2 aromatic rings. The van der Waals surface area contributed by atoms with E-state index in [-0.39, 0.29) is 11.8 Å². The van der Waals surface area contributed by atoms with Gasteiger partial charge in [-0.15, -0.1) is 0 Å². The average molecular weight is 500 g/mol. The van der Waals surface area contributed by atoms with Crippen molar-refractivity contribution in [2.24, 2.45) is 5.92 Å². The Morgan fingerprint density at radius 3 is 2.54 bits per heavy atom. The zero-order chi connectivity index (χ0) is 24.2. The number of carbonyl (C=O) groups is 1. The summed E-state index contributed by atoms with van der Waals surface area (Å²) in [5.41, 5.74) is 1.80. The number of amides is 1. The van der Waals surface area contributed by atoms with Gasteiger partial charge in [-0.2, -0.15) is 0 Å². The van der Waals surface area contributed by atoms with Gasteiger partial charge in [0.15, 0.2) is 11.5 Å². The van der Waals surface area contributed by atoms with Crippen LogP contribution in [0.1, 0.15) is 37.4 Å². The molecule has 0 radical (unpaired) electrons. The molecule has 0 saturated carbocycles. The number of fused-ring (bicyclic) bond motifs is 1. The molecule has 2 fully saturated rings. The van der Waals surface area contributed by atoms with Crippen LogP contribution in [0.15, 0.2) is 42.5 Å². The topological polar surface area (TPSA) is 74.3 Å². The van der Waals surface area contributed by atoms with Gasteiger partial charge in [0.2, 0.25) is 5.91 Å². The maximum absolute atomic E-state index is 13.4. The van der Waals surface area contributed by atoms with E-state index < -0.39 is 12.1 Å². The highest BCUT2D eigenvalue weighted by atomic mass is 35.5. The fourth-order valence-electron chi connectivity index (χ4n) is 5.28. The van der Waals surface area contributed by atoms with Gasteiger partial charge in [-0.3, -0.25) is 4.79 Å². The second-order valence-electron chi connectivity index (χ2n) is 9.73. The number of hydrogen-bond donors (Lipinski definition) is 2. The minimum absolute atomic E-state index is 0.0000614. The van der Waals surface area contributed by atoms with E-state index in [1.807, 2.05) is 42.5 Å². The Hall–Kier alpha value is -2.48. The molecule has 2 aromatic carbocycles. The van der Waals surface area contributed by atoms with Crippen molar-refractivity contribution in [2.45, 2.75) is 37.8 Å². The fourth-order valence-corrected chi connectivity index (χ4v) is 5.41. The summed E-state index contributed by atoms with van der Waals surface area (Å²) in [7, 11) is 0. The Labute approximate surface area is 212 Å². The molecule has 7 nitrogen and oxygen atoms in total. The van der Waals surface area contributed by atoms with Crippen LogP contribution in [0, 0.1) is 5.92 Å². The second kappa shape index (κ2) is 11.1. The molecule has 0 aliphatic carbocycles. The number of halogens is 1. The van der Waals surface area contributed by atoms with Gasteiger partial charge in [0.25, 0.3) is 0 Å². The van der Waals surface area contributed by atoms with Crippen LogP contribution >= 0.6 is 11.6 Å². The number of benzene rings is 2. The minimum Gasteiger partial charge on any atom is -0.486 e. The Morgan fingerprint density at radius 2 is 1.77 bits per heavy atom. The first kappa shape index (κ1) is 24.2. The molecule has 3 heterocycles. The van der Waals surface area contributed by atoms with E-state index >= 15 is 0 Å². The predicted octanol–water partition coefficient (Wildman–Crippen LogP) is 3.64. The maximum atomic E-state index is 13.4. The van der Waals surface area contributed by atoms with E-state index in [0.717, 1.165) is 50.1 Å². The molecule has 5 rings (SSSR count). The maximum Gasteiger partial charge on any atom is 0.225 e. The van der Waals surface area contributed by atoms with Gasteiger partial charge in [-0.25, -0.2) is 0 Å². The lowest BCUT2D eigenvalue weighted by molar-refractivity contribution is -0.126. The van der Waals surface area contributed by atoms with Crippen LogP contribution in [0.2, 0.25) is 5.02 Å². The summed E-state index contributed by atoms with van der Waals surface area (Å²) in [6.45, 7) is 5.10. The number of rotatable bonds is 7. The van der Waals surface area contributed by atoms with Gasteiger partial charge < -0.3 is 29.7 Å². The number of nitrogens with one attached hydrogen (secondary N) is 1. The highest BCUT2D eigenvalue weighted by Crippen LogP contribution is 2.34. The Kier molecular flexibility index (Phi) is 7.66. The van der Waals surface area contributed by atoms with Gasteiger partial charge >= 0.3 is 0 Å². The lowest BCUT2D eigenvalue weighted by Crippen LogP contribution is -2.50. The number of carbonyl (C=O) groups excluding carboxylic acids is 1. The average Bonchev–Trinajstić information content (AvgIpc) is 3.39. The van der Waals surface area contributed by atoms with Crippen molar-refractivity contribution in [3.8, 4) is 11.5 Å². The molecule has 2 N–H and O–H groups in total. The van der Waals surface area contributed by atoms with Crippen molar-refractivity contribution in [1.29, 1.82) is 0 Å². The van der Waals surface area contributed by atoms with Crippen molar-refractivity contribution < 1.29 is 19.4 Å². The van der Waals surface area contributed by atoms with Crippen LogP contribution < -0.4 is 19.7 Å². The molecule has 35 heavy (non-hydrogen) atoms. The predicted molar refractivity (Wildman–Crippen MR) is 136 cm³/mol. The summed E-state index contributed by atoms with van der Waals surface area (Å²) in [4.78, 5) is 17.9. The van der Waals surface area contributed by atoms with Crippen LogP contribution in [0.5, 0.6) is 11.5 Å². The molecule has 1 amide bonds. The summed E-state index contributed by atoms with van der Waals surface area (Å²) < 4.78 is 11.3. The zero-order valence-electron chi connectivity index (χ0n) is 20.0. The van der Waals surface area contributed by atoms with Crippen molar-refractivity contribution in [3.05, 3.63) is 53.1 Å². The Bertz CT molecular complexity index is 1010. The first-order valence-electron chi connectivity index (χ1n) is 12.7. The van der Waals surface area contributed by atoms with E-state index in [1.165, 1.54) is 6.42 Å². The third-order valence-electron chi connectivity index (χ3n) is 7.27. The molecule has 3 aliphatic rings. The third kappa shape index (κ3) is 5.85. The summed E-state index contributed by atoms with van der Waals surface area (Å²) in [5, 5.41) is 15.3. The molecule has 0 spiro atoms. The van der Waals surface area contributed by atoms with Crippen molar-refractivity contribution in [3.63, 3.8) is 0 Å². The van der Waals surface area contributed by atoms with Crippen LogP contribution in [-0.2, 0) is 4.79 Å². The largest absolute Gasteiger partial charge is 0.486 e. The number of likely N-dealkylation sites (tertiary alicyclic amines) is 1. The molecule has 3 aliphatic heterocycles. The zero-order valence-corrected chi connectivity index (χ0v) is 20.8. The van der Waals surface area contributed by atoms with E-state index in [9.17, 15) is 9.90 Å². The van der Waals surface area contributed by atoms with Gasteiger partial charge in [0, 0.05) is 30.3 Å². The molecule has 2 saturated heterocycles. The molecule has 0 bridgehead atoms. The number of hydrogen-bond acceptors (Lipinski definition) is 6. The van der Waals surface area contributed by atoms with Gasteiger partial charge in [0.05, 0.1) is 12.0 Å². The number of piperidine rings is 1. The monoisotopic (exact) mass is 499 g/mol. The smallest absolute Gasteiger partial charge is 0.225 e. The number of nitrogens with zero attached hydrogens (tertiary/aromatic N) is 2. The van der Waals surface area contributed by atoms with Crippen molar-refractivity contribution in [2.75, 3.05) is 50.8 Å². The van der Waals surface area contributed by atoms with E-state index in [0.29, 0.717) is 42.8 Å². The quantitative estimate of drug-likeness (QED) is 0.606. The lowest BCUT2D eigenvalue weighted by Gasteiger charge is -2.34. The van der Waals surface area contributed by atoms with Crippen molar-refractivity contribution >= 4 is 23.2 Å². The summed E-state index contributed by atoms with van der Waals surface area (Å²) in [5.74, 6) is 1.21. The standard InChI is InChI=1S/C27H34ClN3O4/c28-21-5-7-22(8-6-21)31-13-10-20(17-31)27(33)29-23(18-30-11-2-1-3-12-30)26(32)19-4-9-24-25(16-19)35-15-14-34-24/h4-9,16,20,23,26,32H,1-3,10-15,17-18H2,(H,29,33)/t20-,23-,26-/m1/s1. The van der Waals surface area contributed by atoms with Crippen LogP contribution in [0.25, 0.3) is 0 Å². The molecule has 0 unspecified atom stereocenters. The van der Waals surface area contributed by atoms with Crippen LogP contribution in [0.4, 0.5) is 5.69 Å². The van der Waals surface area contributed by atoms with Crippen LogP contribution in [-0.4, -0.2) is 67.9 Å². The molecule has 3 atom stereocenters. The fraction of sp³-hybridized carbons (Fsp3) is 0.519. The number of ether oxygens (including phenoxy) is 2. The third-order valence-corrected chi connectivity index (χ3v) is 7.52. The van der Waals surface area contributed by atoms with Gasteiger partial charge in [-0.1, -0.05) is 24.1 Å². The highest BCUT2D eigenvalue weighted by molar-refractivity contribution is 6.30. The van der Waals surface area contributed by atoms with E-state index in [4.69, 9.17) is 21.1 Å². The summed E-state index contributed by atoms with van der Waals surface area (Å²) in [6, 6.07) is 12.9. The number of aliphatic hydroxyl groups excluding tert-OH is 1. The molecular weight excluding hydrogens is 466 g/mol. The second-order valence-corrected chi connectivity index (χ2v) is 10.2. The summed E-state index contributed by atoms with van der Waals surface area (Å²) in [6.07, 6.45) is 3.48. The first-order chi connectivity index (χ1) is 17.1. The first-order valence-corrected chi connectivity index (χ1v) is 13.1. The SMILES string of the molecule is O=C(N[C@H](CN1CCCCC1)[C@H](O)c1ccc2c(c1)OCCO2)[C@@H]1CCN(c2ccc(Cl)cc2)C1. The van der Waals surface area contributed by atoms with Crippen molar-refractivity contribution in [1.82, 2.24) is 10.2 Å². The molecule has 8 heteroatoms. The molecule has 0 aromatic heterocycles. The Balaban J connectivity index is 1.28. The Morgan fingerprint density at radius 1 is 1.03 bits per heavy atom. The molecule has 188 valence electrons. The van der Waals surface area contributed by atoms with Crippen LogP contribution in [0.3, 0.4) is 0 Å². The minimum atomic E-state index is -0.842. The highest BCUT2D eigenvalue weighted by Gasteiger charge is 2.33. The van der Waals surface area contributed by atoms with E-state index in [1.54, 1.807) is 0 Å². The summed E-state index contributed by atoms with van der Waals surface area (Å²) >= 11 is 6.03.